The van der Waals surface area contributed by atoms with E-state index < -0.39 is 5.91 Å². The number of benzene rings is 2. The Kier molecular flexibility index (Phi) is 4.51. The molecule has 2 aromatic carbocycles. The average Bonchev–Trinajstić information content (AvgIpc) is 3.25. The van der Waals surface area contributed by atoms with Crippen molar-refractivity contribution in [3.63, 3.8) is 0 Å². The first kappa shape index (κ1) is 18.0. The van der Waals surface area contributed by atoms with Crippen LogP contribution in [0.4, 0.5) is 5.95 Å². The van der Waals surface area contributed by atoms with Gasteiger partial charge < -0.3 is 9.51 Å². The summed E-state index contributed by atoms with van der Waals surface area (Å²) >= 11 is 12.0. The van der Waals surface area contributed by atoms with Gasteiger partial charge in [-0.2, -0.15) is 5.26 Å². The Bertz CT molecular complexity index is 1270. The lowest BCUT2D eigenvalue weighted by Crippen LogP contribution is -2.14. The van der Waals surface area contributed by atoms with Gasteiger partial charge in [0.05, 0.1) is 32.7 Å². The molecule has 1 amide bonds. The quantitative estimate of drug-likeness (QED) is 0.495. The van der Waals surface area contributed by atoms with Crippen LogP contribution in [0.15, 0.2) is 40.9 Å². The third-order valence-electron chi connectivity index (χ3n) is 4.13. The highest BCUT2D eigenvalue weighted by Crippen LogP contribution is 2.31. The molecular formula is C19H11Cl2N5O2. The molecule has 0 spiro atoms. The van der Waals surface area contributed by atoms with Gasteiger partial charge in [0.25, 0.3) is 5.91 Å². The van der Waals surface area contributed by atoms with Crippen LogP contribution in [0.25, 0.3) is 22.3 Å². The summed E-state index contributed by atoms with van der Waals surface area (Å²) in [7, 11) is 0. The minimum atomic E-state index is -0.445. The van der Waals surface area contributed by atoms with Crippen LogP contribution in [-0.2, 0) is 0 Å². The molecule has 138 valence electrons. The number of anilines is 1. The van der Waals surface area contributed by atoms with Crippen LogP contribution in [0.5, 0.6) is 0 Å². The number of amides is 1. The molecule has 2 aromatic heterocycles. The predicted molar refractivity (Wildman–Crippen MR) is 105 cm³/mol. The summed E-state index contributed by atoms with van der Waals surface area (Å²) < 4.78 is 5.21. The van der Waals surface area contributed by atoms with Crippen LogP contribution in [0.3, 0.4) is 0 Å². The highest BCUT2D eigenvalue weighted by molar-refractivity contribution is 6.42. The second-order valence-corrected chi connectivity index (χ2v) is 6.79. The number of halogens is 2. The minimum absolute atomic E-state index is 0.246. The van der Waals surface area contributed by atoms with Crippen LogP contribution >= 0.6 is 23.2 Å². The fraction of sp³-hybridized carbons (Fsp3) is 0.0526. The number of nitriles is 1. The normalized spacial score (nSPS) is 10.8. The smallest absolute Gasteiger partial charge is 0.263 e. The van der Waals surface area contributed by atoms with E-state index in [4.69, 9.17) is 33.0 Å². The van der Waals surface area contributed by atoms with Crippen molar-refractivity contribution in [2.45, 2.75) is 6.92 Å². The van der Waals surface area contributed by atoms with E-state index in [1.165, 1.54) is 0 Å². The molecule has 28 heavy (non-hydrogen) atoms. The first-order valence-electron chi connectivity index (χ1n) is 8.09. The van der Waals surface area contributed by atoms with Crippen molar-refractivity contribution in [2.75, 3.05) is 5.32 Å². The molecule has 0 aliphatic rings. The number of aromatic amines is 1. The summed E-state index contributed by atoms with van der Waals surface area (Å²) in [5, 5.41) is 16.4. The van der Waals surface area contributed by atoms with E-state index >= 15 is 0 Å². The van der Waals surface area contributed by atoms with Gasteiger partial charge >= 0.3 is 0 Å². The molecule has 0 radical (unpaired) electrons. The fourth-order valence-corrected chi connectivity index (χ4v) is 3.09. The SMILES string of the molecule is Cc1onc(-c2ccc(Cl)c(Cl)c2)c1C(=O)Nc1nc2ccc(C#N)cc2[nH]1. The lowest BCUT2D eigenvalue weighted by Gasteiger charge is -2.04. The second kappa shape index (κ2) is 7.00. The van der Waals surface area contributed by atoms with Crippen molar-refractivity contribution >= 4 is 46.1 Å². The molecule has 9 heteroatoms. The number of carbonyl (C=O) groups excluding carboxylic acids is 1. The Morgan fingerprint density at radius 2 is 2.04 bits per heavy atom. The van der Waals surface area contributed by atoms with E-state index in [0.29, 0.717) is 43.7 Å². The maximum atomic E-state index is 12.9. The van der Waals surface area contributed by atoms with Crippen LogP contribution in [-0.4, -0.2) is 21.0 Å². The zero-order valence-corrected chi connectivity index (χ0v) is 15.9. The number of aromatic nitrogens is 3. The third kappa shape index (κ3) is 3.20. The van der Waals surface area contributed by atoms with Crippen LogP contribution < -0.4 is 5.32 Å². The van der Waals surface area contributed by atoms with E-state index in [9.17, 15) is 4.79 Å². The van der Waals surface area contributed by atoms with Crippen LogP contribution in [0, 0.1) is 18.3 Å². The highest BCUT2D eigenvalue weighted by Gasteiger charge is 2.23. The fourth-order valence-electron chi connectivity index (χ4n) is 2.79. The maximum Gasteiger partial charge on any atom is 0.263 e. The highest BCUT2D eigenvalue weighted by atomic mass is 35.5. The standard InChI is InChI=1S/C19H11Cl2N5O2/c1-9-16(17(26-28-9)11-3-4-12(20)13(21)7-11)18(27)25-19-23-14-5-2-10(8-22)6-15(14)24-19/h2-7H,1H3,(H2,23,24,25,27). The lowest BCUT2D eigenvalue weighted by atomic mass is 10.1. The van der Waals surface area contributed by atoms with E-state index in [-0.39, 0.29) is 11.5 Å². The van der Waals surface area contributed by atoms with Gasteiger partial charge in [-0.3, -0.25) is 10.1 Å². The van der Waals surface area contributed by atoms with Gasteiger partial charge in [0, 0.05) is 5.56 Å². The molecule has 2 N–H and O–H groups in total. The molecule has 0 atom stereocenters. The van der Waals surface area contributed by atoms with Gasteiger partial charge in [0.15, 0.2) is 0 Å². The monoisotopic (exact) mass is 411 g/mol. The topological polar surface area (TPSA) is 108 Å². The third-order valence-corrected chi connectivity index (χ3v) is 4.86. The van der Waals surface area contributed by atoms with Crippen molar-refractivity contribution in [1.82, 2.24) is 15.1 Å². The molecule has 4 rings (SSSR count). The van der Waals surface area contributed by atoms with Gasteiger partial charge in [-0.1, -0.05) is 34.4 Å². The maximum absolute atomic E-state index is 12.9. The molecular weight excluding hydrogens is 401 g/mol. The molecule has 0 unspecified atom stereocenters. The van der Waals surface area contributed by atoms with Gasteiger partial charge in [0.1, 0.15) is 17.0 Å². The zero-order chi connectivity index (χ0) is 19.8. The van der Waals surface area contributed by atoms with E-state index in [2.05, 4.69) is 26.5 Å². The van der Waals surface area contributed by atoms with Crippen LogP contribution in [0.2, 0.25) is 10.0 Å². The summed E-state index contributed by atoms with van der Waals surface area (Å²) in [6, 6.07) is 12.0. The molecule has 0 saturated carbocycles. The molecule has 4 aromatic rings. The summed E-state index contributed by atoms with van der Waals surface area (Å²) in [6.07, 6.45) is 0. The number of carbonyl (C=O) groups is 1. The molecule has 7 nitrogen and oxygen atoms in total. The average molecular weight is 412 g/mol. The Morgan fingerprint density at radius 3 is 2.79 bits per heavy atom. The van der Waals surface area contributed by atoms with E-state index in [0.717, 1.165) is 0 Å². The predicted octanol–water partition coefficient (Wildman–Crippen LogP) is 4.96. The van der Waals surface area contributed by atoms with Gasteiger partial charge in [-0.15, -0.1) is 0 Å². The Labute approximate surface area is 168 Å². The molecule has 0 fully saturated rings. The number of nitrogens with zero attached hydrogens (tertiary/aromatic N) is 3. The molecule has 2 heterocycles. The van der Waals surface area contributed by atoms with Crippen LogP contribution in [0.1, 0.15) is 21.7 Å². The Balaban J connectivity index is 1.68. The van der Waals surface area contributed by atoms with Gasteiger partial charge in [-0.25, -0.2) is 4.98 Å². The summed E-state index contributed by atoms with van der Waals surface area (Å²) in [6.45, 7) is 1.64. The molecule has 0 saturated heterocycles. The van der Waals surface area contributed by atoms with Gasteiger partial charge in [-0.05, 0) is 37.3 Å². The number of H-pyrrole nitrogens is 1. The first-order chi connectivity index (χ1) is 13.5. The van der Waals surface area contributed by atoms with Crippen molar-refractivity contribution in [1.29, 1.82) is 5.26 Å². The van der Waals surface area contributed by atoms with E-state index in [1.807, 2.05) is 0 Å². The van der Waals surface area contributed by atoms with Crippen molar-refractivity contribution in [2.24, 2.45) is 0 Å². The first-order valence-corrected chi connectivity index (χ1v) is 8.85. The van der Waals surface area contributed by atoms with Crippen molar-refractivity contribution < 1.29 is 9.32 Å². The number of hydrogen-bond acceptors (Lipinski definition) is 5. The number of rotatable bonds is 3. The number of hydrogen-bond donors (Lipinski definition) is 2. The summed E-state index contributed by atoms with van der Waals surface area (Å²) in [5.41, 5.74) is 2.96. The number of imidazole rings is 1. The van der Waals surface area contributed by atoms with Gasteiger partial charge in [0.2, 0.25) is 5.95 Å². The number of fused-ring (bicyclic) bond motifs is 1. The Hall–Kier alpha value is -3.34. The molecule has 0 aliphatic heterocycles. The number of aryl methyl sites for hydroxylation is 1. The largest absolute Gasteiger partial charge is 0.360 e. The molecule has 0 bridgehead atoms. The Morgan fingerprint density at radius 1 is 1.21 bits per heavy atom. The summed E-state index contributed by atoms with van der Waals surface area (Å²) in [5.74, 6) is 0.150. The lowest BCUT2D eigenvalue weighted by molar-refractivity contribution is 0.102. The summed E-state index contributed by atoms with van der Waals surface area (Å²) in [4.78, 5) is 20.1. The van der Waals surface area contributed by atoms with Crippen molar-refractivity contribution in [3.05, 3.63) is 63.3 Å². The molecule has 0 aliphatic carbocycles. The zero-order valence-electron chi connectivity index (χ0n) is 14.4. The number of nitrogens with one attached hydrogen (secondary N) is 2. The second-order valence-electron chi connectivity index (χ2n) is 5.97. The van der Waals surface area contributed by atoms with Crippen molar-refractivity contribution in [3.8, 4) is 17.3 Å². The minimum Gasteiger partial charge on any atom is -0.360 e. The van der Waals surface area contributed by atoms with E-state index in [1.54, 1.807) is 43.3 Å².